The minimum Gasteiger partial charge on any atom is -0.481 e. The smallest absolute Gasteiger partial charge is 0.310 e. The van der Waals surface area contributed by atoms with Gasteiger partial charge in [-0.15, -0.1) is 0 Å². The number of aryl methyl sites for hydroxylation is 2. The van der Waals surface area contributed by atoms with Crippen molar-refractivity contribution < 1.29 is 9.90 Å². The largest absolute Gasteiger partial charge is 0.481 e. The fourth-order valence-electron chi connectivity index (χ4n) is 1.75. The van der Waals surface area contributed by atoms with Crippen molar-refractivity contribution in [3.8, 4) is 0 Å². The quantitative estimate of drug-likeness (QED) is 0.930. The predicted molar refractivity (Wildman–Crippen MR) is 69.9 cm³/mol. The Bertz CT molecular complexity index is 440. The summed E-state index contributed by atoms with van der Waals surface area (Å²) in [4.78, 5) is 11.5. The third kappa shape index (κ3) is 2.54. The zero-order valence-corrected chi connectivity index (χ0v) is 12.5. The van der Waals surface area contributed by atoms with Gasteiger partial charge in [0.2, 0.25) is 0 Å². The average Bonchev–Trinajstić information content (AvgIpc) is 2.44. The monoisotopic (exact) mass is 302 g/mol. The first kappa shape index (κ1) is 14.2. The van der Waals surface area contributed by atoms with Crippen LogP contribution in [0.2, 0.25) is 0 Å². The van der Waals surface area contributed by atoms with Crippen LogP contribution in [0.15, 0.2) is 4.47 Å². The molecule has 96 valence electrons. The van der Waals surface area contributed by atoms with Gasteiger partial charge in [-0.2, -0.15) is 5.10 Å². The Labute approximate surface area is 110 Å². The van der Waals surface area contributed by atoms with Crippen LogP contribution in [0.4, 0.5) is 0 Å². The summed E-state index contributed by atoms with van der Waals surface area (Å²) in [5, 5.41) is 13.7. The van der Waals surface area contributed by atoms with Crippen molar-refractivity contribution in [1.82, 2.24) is 9.78 Å². The van der Waals surface area contributed by atoms with E-state index in [0.29, 0.717) is 6.42 Å². The highest BCUT2D eigenvalue weighted by atomic mass is 79.9. The normalized spacial score (nSPS) is 15.0. The number of carboxylic acid groups (broad SMARTS) is 1. The molecule has 1 aromatic heterocycles. The molecule has 1 aromatic rings. The standard InChI is InChI=1S/C12H19BrN2O2/c1-7(2)12(4,11(16)17)6-9-10(13)8(3)14-15(9)5/h7H,6H2,1-5H3,(H,16,17). The second-order valence-corrected chi connectivity index (χ2v) is 5.82. The highest BCUT2D eigenvalue weighted by Gasteiger charge is 2.38. The lowest BCUT2D eigenvalue weighted by molar-refractivity contribution is -0.150. The lowest BCUT2D eigenvalue weighted by atomic mass is 9.75. The lowest BCUT2D eigenvalue weighted by Crippen LogP contribution is -2.36. The third-order valence-corrected chi connectivity index (χ3v) is 4.59. The molecule has 1 N–H and O–H groups in total. The summed E-state index contributed by atoms with van der Waals surface area (Å²) in [5.74, 6) is -0.708. The van der Waals surface area contributed by atoms with Crippen molar-refractivity contribution in [2.75, 3.05) is 0 Å². The maximum Gasteiger partial charge on any atom is 0.310 e. The number of carbonyl (C=O) groups is 1. The molecule has 0 aliphatic rings. The van der Waals surface area contributed by atoms with Gasteiger partial charge in [0, 0.05) is 13.5 Å². The van der Waals surface area contributed by atoms with E-state index in [9.17, 15) is 9.90 Å². The molecule has 0 aromatic carbocycles. The van der Waals surface area contributed by atoms with Crippen LogP contribution in [-0.2, 0) is 18.3 Å². The number of halogens is 1. The number of rotatable bonds is 4. The maximum atomic E-state index is 11.5. The zero-order chi connectivity index (χ0) is 13.4. The summed E-state index contributed by atoms with van der Waals surface area (Å²) in [6.45, 7) is 7.56. The van der Waals surface area contributed by atoms with Crippen LogP contribution in [0, 0.1) is 18.3 Å². The molecule has 1 atom stereocenters. The predicted octanol–water partition coefficient (Wildman–Crippen LogP) is 2.78. The Morgan fingerprint density at radius 3 is 2.41 bits per heavy atom. The van der Waals surface area contributed by atoms with E-state index in [1.807, 2.05) is 27.8 Å². The molecule has 0 amide bonds. The molecule has 0 saturated carbocycles. The second-order valence-electron chi connectivity index (χ2n) is 5.02. The molecular weight excluding hydrogens is 284 g/mol. The average molecular weight is 303 g/mol. The second kappa shape index (κ2) is 4.80. The van der Waals surface area contributed by atoms with Crippen molar-refractivity contribution in [3.63, 3.8) is 0 Å². The Morgan fingerprint density at radius 2 is 2.12 bits per heavy atom. The molecule has 0 fully saturated rings. The molecule has 0 aliphatic heterocycles. The Hall–Kier alpha value is -0.840. The summed E-state index contributed by atoms with van der Waals surface area (Å²) in [5.41, 5.74) is 1.04. The maximum absolute atomic E-state index is 11.5. The lowest BCUT2D eigenvalue weighted by Gasteiger charge is -2.29. The van der Waals surface area contributed by atoms with Gasteiger partial charge in [-0.1, -0.05) is 13.8 Å². The summed E-state index contributed by atoms with van der Waals surface area (Å²) in [7, 11) is 1.84. The molecule has 1 unspecified atom stereocenters. The molecule has 1 rings (SSSR count). The van der Waals surface area contributed by atoms with Crippen LogP contribution >= 0.6 is 15.9 Å². The van der Waals surface area contributed by atoms with Crippen LogP contribution in [0.1, 0.15) is 32.2 Å². The third-order valence-electron chi connectivity index (χ3n) is 3.56. The molecule has 0 saturated heterocycles. The van der Waals surface area contributed by atoms with Crippen LogP contribution in [-0.4, -0.2) is 20.9 Å². The minimum absolute atomic E-state index is 0.0575. The molecule has 5 heteroatoms. The first-order valence-corrected chi connectivity index (χ1v) is 6.40. The van der Waals surface area contributed by atoms with Crippen molar-refractivity contribution in [2.45, 2.75) is 34.1 Å². The Kier molecular flexibility index (Phi) is 4.02. The summed E-state index contributed by atoms with van der Waals surface area (Å²) in [6.07, 6.45) is 0.470. The number of hydrogen-bond acceptors (Lipinski definition) is 2. The van der Waals surface area contributed by atoms with Gasteiger partial charge in [0.05, 0.1) is 21.3 Å². The Morgan fingerprint density at radius 1 is 1.59 bits per heavy atom. The molecule has 0 spiro atoms. The number of aliphatic carboxylic acids is 1. The van der Waals surface area contributed by atoms with Crippen molar-refractivity contribution >= 4 is 21.9 Å². The molecular formula is C12H19BrN2O2. The molecule has 17 heavy (non-hydrogen) atoms. The van der Waals surface area contributed by atoms with Gasteiger partial charge in [0.15, 0.2) is 0 Å². The molecule has 0 aliphatic carbocycles. The van der Waals surface area contributed by atoms with E-state index in [1.54, 1.807) is 11.6 Å². The molecule has 4 nitrogen and oxygen atoms in total. The zero-order valence-electron chi connectivity index (χ0n) is 10.9. The van der Waals surface area contributed by atoms with Gasteiger partial charge in [-0.25, -0.2) is 0 Å². The summed E-state index contributed by atoms with van der Waals surface area (Å²) < 4.78 is 2.66. The fraction of sp³-hybridized carbons (Fsp3) is 0.667. The van der Waals surface area contributed by atoms with Gasteiger partial charge >= 0.3 is 5.97 Å². The molecule has 0 radical (unpaired) electrons. The highest BCUT2D eigenvalue weighted by Crippen LogP contribution is 2.34. The van der Waals surface area contributed by atoms with E-state index >= 15 is 0 Å². The number of carboxylic acids is 1. The van der Waals surface area contributed by atoms with Gasteiger partial charge in [0.1, 0.15) is 0 Å². The van der Waals surface area contributed by atoms with Gasteiger partial charge in [-0.3, -0.25) is 9.48 Å². The van der Waals surface area contributed by atoms with E-state index in [2.05, 4.69) is 21.0 Å². The SMILES string of the molecule is Cc1nn(C)c(CC(C)(C(=O)O)C(C)C)c1Br. The van der Waals surface area contributed by atoms with Gasteiger partial charge in [0.25, 0.3) is 0 Å². The summed E-state index contributed by atoms with van der Waals surface area (Å²) >= 11 is 3.48. The topological polar surface area (TPSA) is 55.1 Å². The first-order chi connectivity index (χ1) is 7.70. The fourth-order valence-corrected chi connectivity index (χ4v) is 2.22. The van der Waals surface area contributed by atoms with Crippen LogP contribution < -0.4 is 0 Å². The van der Waals surface area contributed by atoms with Crippen LogP contribution in [0.5, 0.6) is 0 Å². The number of hydrogen-bond donors (Lipinski definition) is 1. The van der Waals surface area contributed by atoms with Crippen molar-refractivity contribution in [2.24, 2.45) is 18.4 Å². The van der Waals surface area contributed by atoms with Crippen LogP contribution in [0.25, 0.3) is 0 Å². The van der Waals surface area contributed by atoms with E-state index < -0.39 is 11.4 Å². The van der Waals surface area contributed by atoms with E-state index in [-0.39, 0.29) is 5.92 Å². The minimum atomic E-state index is -0.775. The Balaban J connectivity index is 3.15. The number of nitrogens with zero attached hydrogens (tertiary/aromatic N) is 2. The van der Waals surface area contributed by atoms with Gasteiger partial charge < -0.3 is 5.11 Å². The van der Waals surface area contributed by atoms with Gasteiger partial charge in [-0.05, 0) is 35.7 Å². The van der Waals surface area contributed by atoms with Crippen molar-refractivity contribution in [3.05, 3.63) is 15.9 Å². The summed E-state index contributed by atoms with van der Waals surface area (Å²) in [6, 6.07) is 0. The van der Waals surface area contributed by atoms with E-state index in [1.165, 1.54) is 0 Å². The van der Waals surface area contributed by atoms with Crippen molar-refractivity contribution in [1.29, 1.82) is 0 Å². The van der Waals surface area contributed by atoms with Crippen LogP contribution in [0.3, 0.4) is 0 Å². The first-order valence-electron chi connectivity index (χ1n) is 5.61. The van der Waals surface area contributed by atoms with E-state index in [4.69, 9.17) is 0 Å². The van der Waals surface area contributed by atoms with E-state index in [0.717, 1.165) is 15.9 Å². The highest BCUT2D eigenvalue weighted by molar-refractivity contribution is 9.10. The molecule has 0 bridgehead atoms. The number of aromatic nitrogens is 2. The molecule has 1 heterocycles.